The number of benzene rings is 1. The van der Waals surface area contributed by atoms with Crippen molar-refractivity contribution in [2.75, 3.05) is 7.05 Å². The lowest BCUT2D eigenvalue weighted by Gasteiger charge is -2.18. The second-order valence-electron chi connectivity index (χ2n) is 7.34. The number of amides is 1. The lowest BCUT2D eigenvalue weighted by Crippen LogP contribution is -2.30. The number of rotatable bonds is 5. The summed E-state index contributed by atoms with van der Waals surface area (Å²) in [4.78, 5) is 37.2. The van der Waals surface area contributed by atoms with Crippen LogP contribution in [0.3, 0.4) is 0 Å². The first-order chi connectivity index (χ1) is 14.8. The molecule has 162 valence electrons. The molecule has 1 amide bonds. The Hall–Kier alpha value is -3.48. The summed E-state index contributed by atoms with van der Waals surface area (Å²) in [6.45, 7) is 1.85. The number of nitrogens with zero attached hydrogens (tertiary/aromatic N) is 6. The molecule has 0 aliphatic carbocycles. The van der Waals surface area contributed by atoms with Crippen molar-refractivity contribution >= 4 is 22.8 Å². The molecule has 1 fully saturated rings. The highest BCUT2D eigenvalue weighted by atomic mass is 16.6. The van der Waals surface area contributed by atoms with Crippen LogP contribution < -0.4 is 0 Å². The van der Waals surface area contributed by atoms with E-state index < -0.39 is 35.4 Å². The number of aliphatic hydroxyl groups excluding tert-OH is 2. The molecule has 3 heterocycles. The minimum atomic E-state index is -1.17. The predicted molar refractivity (Wildman–Crippen MR) is 106 cm³/mol. The molecule has 3 aromatic rings. The monoisotopic (exact) mass is 428 g/mol. The maximum Gasteiger partial charge on any atom is 0.274 e. The van der Waals surface area contributed by atoms with Gasteiger partial charge in [-0.1, -0.05) is 12.1 Å². The number of hydrogen-bond donors (Lipinski definition) is 2. The van der Waals surface area contributed by atoms with Gasteiger partial charge in [0.25, 0.3) is 11.6 Å². The molecule has 1 aromatic carbocycles. The summed E-state index contributed by atoms with van der Waals surface area (Å²) in [5, 5.41) is 31.0. The van der Waals surface area contributed by atoms with Crippen molar-refractivity contribution < 1.29 is 24.7 Å². The molecule has 1 saturated heterocycles. The van der Waals surface area contributed by atoms with E-state index in [9.17, 15) is 25.1 Å². The number of imidazole rings is 1. The van der Waals surface area contributed by atoms with Gasteiger partial charge in [-0.15, -0.1) is 0 Å². The number of hydrogen-bond acceptors (Lipinski definition) is 9. The number of non-ortho nitro benzene ring substituents is 1. The normalized spacial score (nSPS) is 23.2. The molecule has 0 spiro atoms. The third-order valence-electron chi connectivity index (χ3n) is 5.23. The predicted octanol–water partition coefficient (Wildman–Crippen LogP) is 0.646. The quantitative estimate of drug-likeness (QED) is 0.440. The molecule has 0 saturated carbocycles. The molecule has 0 radical (unpaired) electrons. The van der Waals surface area contributed by atoms with Gasteiger partial charge in [-0.3, -0.25) is 19.5 Å². The number of aliphatic hydroxyl groups is 2. The van der Waals surface area contributed by atoms with Crippen LogP contribution in [0.4, 0.5) is 5.69 Å². The van der Waals surface area contributed by atoms with Gasteiger partial charge >= 0.3 is 0 Å². The number of aromatic nitrogens is 4. The summed E-state index contributed by atoms with van der Waals surface area (Å²) in [7, 11) is 1.58. The van der Waals surface area contributed by atoms with Crippen LogP contribution in [0, 0.1) is 10.1 Å². The van der Waals surface area contributed by atoms with E-state index in [4.69, 9.17) is 4.74 Å². The van der Waals surface area contributed by atoms with Crippen molar-refractivity contribution in [3.63, 3.8) is 0 Å². The number of fused-ring (bicyclic) bond motifs is 1. The molecule has 4 rings (SSSR count). The maximum atomic E-state index is 13.0. The number of ether oxygens (including phenoxy) is 1. The molecular weight excluding hydrogens is 408 g/mol. The summed E-state index contributed by atoms with van der Waals surface area (Å²) in [6.07, 6.45) is -1.11. The Bertz CT molecular complexity index is 1130. The fourth-order valence-electron chi connectivity index (χ4n) is 3.50. The largest absolute Gasteiger partial charge is 0.388 e. The van der Waals surface area contributed by atoms with Gasteiger partial charge in [-0.05, 0) is 12.5 Å². The van der Waals surface area contributed by atoms with E-state index in [-0.39, 0.29) is 29.1 Å². The molecule has 31 heavy (non-hydrogen) atoms. The highest BCUT2D eigenvalue weighted by molar-refractivity contribution is 6.01. The third kappa shape index (κ3) is 3.71. The van der Waals surface area contributed by atoms with Gasteiger partial charge in [-0.2, -0.15) is 0 Å². The zero-order valence-electron chi connectivity index (χ0n) is 16.7. The molecule has 2 N–H and O–H groups in total. The molecule has 1 aliphatic heterocycles. The van der Waals surface area contributed by atoms with Crippen LogP contribution in [0.2, 0.25) is 0 Å². The average molecular weight is 428 g/mol. The molecular formula is C19H20N6O6. The van der Waals surface area contributed by atoms with E-state index >= 15 is 0 Å². The van der Waals surface area contributed by atoms with E-state index in [0.29, 0.717) is 5.56 Å². The number of nitro groups is 1. The molecule has 2 aromatic heterocycles. The van der Waals surface area contributed by atoms with Crippen molar-refractivity contribution in [3.05, 3.63) is 58.3 Å². The second-order valence-corrected chi connectivity index (χ2v) is 7.34. The Morgan fingerprint density at radius 1 is 1.23 bits per heavy atom. The zero-order valence-corrected chi connectivity index (χ0v) is 16.7. The fourth-order valence-corrected chi connectivity index (χ4v) is 3.50. The molecule has 0 unspecified atom stereocenters. The van der Waals surface area contributed by atoms with Crippen LogP contribution in [-0.2, 0) is 11.3 Å². The van der Waals surface area contributed by atoms with Crippen LogP contribution in [0.25, 0.3) is 11.2 Å². The zero-order chi connectivity index (χ0) is 22.3. The summed E-state index contributed by atoms with van der Waals surface area (Å²) in [5.74, 6) is -0.419. The van der Waals surface area contributed by atoms with Crippen LogP contribution in [0.15, 0.2) is 36.9 Å². The van der Waals surface area contributed by atoms with Gasteiger partial charge in [0.1, 0.15) is 24.1 Å². The van der Waals surface area contributed by atoms with Crippen molar-refractivity contribution in [1.82, 2.24) is 24.4 Å². The van der Waals surface area contributed by atoms with Crippen molar-refractivity contribution in [2.24, 2.45) is 0 Å². The average Bonchev–Trinajstić information content (AvgIpc) is 3.29. The first-order valence-corrected chi connectivity index (χ1v) is 9.46. The summed E-state index contributed by atoms with van der Waals surface area (Å²) >= 11 is 0. The highest BCUT2D eigenvalue weighted by Crippen LogP contribution is 2.31. The lowest BCUT2D eigenvalue weighted by atomic mass is 10.1. The Balaban J connectivity index is 1.58. The Morgan fingerprint density at radius 2 is 1.94 bits per heavy atom. The lowest BCUT2D eigenvalue weighted by molar-refractivity contribution is -0.384. The SMILES string of the molecule is C[C@H]1O[C@@H](n2cnc3c(C(=O)N(C)Cc4ccc([N+](=O)[O-])cc4)ncnc32)[C@H](O)[C@@H]1O. The standard InChI is InChI=1S/C19H20N6O6/c1-10-15(26)16(27)19(31-10)24-9-22-13-14(20-8-21-17(13)24)18(28)23(2)7-11-3-5-12(6-4-11)25(29)30/h3-6,8-10,15-16,19,26-27H,7H2,1-2H3/t10-,15-,16-,19-/m1/s1. The summed E-state index contributed by atoms with van der Waals surface area (Å²) in [5.41, 5.74) is 1.26. The molecule has 0 bridgehead atoms. The van der Waals surface area contributed by atoms with Crippen molar-refractivity contribution in [1.29, 1.82) is 0 Å². The fraction of sp³-hybridized carbons (Fsp3) is 0.368. The first-order valence-electron chi connectivity index (χ1n) is 9.46. The van der Waals surface area contributed by atoms with Gasteiger partial charge in [0.2, 0.25) is 0 Å². The van der Waals surface area contributed by atoms with E-state index in [1.165, 1.54) is 34.3 Å². The topological polar surface area (TPSA) is 157 Å². The Labute approximate surface area is 175 Å². The van der Waals surface area contributed by atoms with Gasteiger partial charge < -0.3 is 19.8 Å². The van der Waals surface area contributed by atoms with Crippen molar-refractivity contribution in [2.45, 2.75) is 38.0 Å². The second kappa shape index (κ2) is 7.98. The molecule has 12 heteroatoms. The maximum absolute atomic E-state index is 13.0. The Morgan fingerprint density at radius 3 is 2.55 bits per heavy atom. The van der Waals surface area contributed by atoms with Gasteiger partial charge in [0.05, 0.1) is 17.4 Å². The van der Waals surface area contributed by atoms with Crippen LogP contribution in [0.5, 0.6) is 0 Å². The highest BCUT2D eigenvalue weighted by Gasteiger charge is 2.42. The molecule has 1 aliphatic rings. The summed E-state index contributed by atoms with van der Waals surface area (Å²) < 4.78 is 7.07. The van der Waals surface area contributed by atoms with E-state index in [1.54, 1.807) is 26.1 Å². The summed E-state index contributed by atoms with van der Waals surface area (Å²) in [6, 6.07) is 5.91. The number of carbonyl (C=O) groups excluding carboxylic acids is 1. The first kappa shape index (κ1) is 20.8. The van der Waals surface area contributed by atoms with E-state index in [2.05, 4.69) is 15.0 Å². The van der Waals surface area contributed by atoms with E-state index in [0.717, 1.165) is 0 Å². The van der Waals surface area contributed by atoms with Gasteiger partial charge in [0, 0.05) is 25.7 Å². The Kier molecular flexibility index (Phi) is 5.35. The van der Waals surface area contributed by atoms with E-state index in [1.807, 2.05) is 0 Å². The van der Waals surface area contributed by atoms with Gasteiger partial charge in [0.15, 0.2) is 17.6 Å². The molecule has 4 atom stereocenters. The minimum absolute atomic E-state index is 0.0310. The number of carbonyl (C=O) groups is 1. The van der Waals surface area contributed by atoms with Gasteiger partial charge in [-0.25, -0.2) is 15.0 Å². The van der Waals surface area contributed by atoms with Crippen LogP contribution in [0.1, 0.15) is 29.2 Å². The van der Waals surface area contributed by atoms with Crippen molar-refractivity contribution in [3.8, 4) is 0 Å². The minimum Gasteiger partial charge on any atom is -0.388 e. The van der Waals surface area contributed by atoms with Crippen LogP contribution in [-0.4, -0.2) is 70.8 Å². The molecule has 12 nitrogen and oxygen atoms in total. The third-order valence-corrected chi connectivity index (χ3v) is 5.23. The smallest absolute Gasteiger partial charge is 0.274 e. The van der Waals surface area contributed by atoms with Crippen LogP contribution >= 0.6 is 0 Å². The number of nitro benzene ring substituents is 1.